The minimum atomic E-state index is 0.178. The molecule has 0 aliphatic heterocycles. The molecule has 204 valence electrons. The lowest BCUT2D eigenvalue weighted by Gasteiger charge is -2.48. The van der Waals surface area contributed by atoms with Crippen LogP contribution in [0.4, 0.5) is 0 Å². The van der Waals surface area contributed by atoms with Crippen molar-refractivity contribution in [3.8, 4) is 33.4 Å². The van der Waals surface area contributed by atoms with Crippen LogP contribution in [0.3, 0.4) is 0 Å². The van der Waals surface area contributed by atoms with Gasteiger partial charge < -0.3 is 0 Å². The first-order valence-electron chi connectivity index (χ1n) is 15.5. The predicted octanol–water partition coefficient (Wildman–Crippen LogP) is 11.1. The molecule has 4 aromatic rings. The third kappa shape index (κ3) is 3.71. The molecule has 0 nitrogen and oxygen atoms in total. The summed E-state index contributed by atoms with van der Waals surface area (Å²) in [5.41, 5.74) is 15.4. The molecule has 0 spiro atoms. The number of hydrogen-bond acceptors (Lipinski definition) is 0. The minimum Gasteiger partial charge on any atom is -0.0579 e. The second-order valence-corrected chi connectivity index (χ2v) is 15.0. The van der Waals surface area contributed by atoms with Gasteiger partial charge in [-0.25, -0.2) is 0 Å². The molecule has 7 rings (SSSR count). The van der Waals surface area contributed by atoms with Crippen molar-refractivity contribution < 1.29 is 0 Å². The smallest absolute Gasteiger partial charge is 0.00564 e. The maximum absolute atomic E-state index is 2.59. The van der Waals surface area contributed by atoms with Crippen molar-refractivity contribution in [1.82, 2.24) is 0 Å². The lowest BCUT2D eigenvalue weighted by Crippen LogP contribution is -2.43. The van der Waals surface area contributed by atoms with Crippen molar-refractivity contribution in [2.75, 3.05) is 0 Å². The summed E-state index contributed by atoms with van der Waals surface area (Å²) in [6.07, 6.45) is 8.00. The van der Waals surface area contributed by atoms with Crippen molar-refractivity contribution in [3.05, 3.63) is 107 Å². The summed E-state index contributed by atoms with van der Waals surface area (Å²) in [6.45, 7) is 13.8. The molecule has 0 saturated heterocycles. The summed E-state index contributed by atoms with van der Waals surface area (Å²) in [6, 6.07) is 33.5. The Kier molecular flexibility index (Phi) is 5.61. The molecule has 2 fully saturated rings. The second-order valence-electron chi connectivity index (χ2n) is 15.0. The molecule has 4 aromatic carbocycles. The molecule has 0 bridgehead atoms. The van der Waals surface area contributed by atoms with E-state index in [9.17, 15) is 0 Å². The van der Waals surface area contributed by atoms with Crippen molar-refractivity contribution in [2.45, 2.75) is 102 Å². The van der Waals surface area contributed by atoms with Gasteiger partial charge in [-0.15, -0.1) is 0 Å². The summed E-state index contributed by atoms with van der Waals surface area (Å²) in [7, 11) is 0. The van der Waals surface area contributed by atoms with E-state index in [4.69, 9.17) is 0 Å². The highest BCUT2D eigenvalue weighted by molar-refractivity contribution is 5.84. The van der Waals surface area contributed by atoms with Gasteiger partial charge in [-0.1, -0.05) is 127 Å². The summed E-state index contributed by atoms with van der Waals surface area (Å²) in [5, 5.41) is 0. The third-order valence-corrected chi connectivity index (χ3v) is 10.9. The molecule has 0 aromatic heterocycles. The normalized spacial score (nSPS) is 23.4. The van der Waals surface area contributed by atoms with Crippen molar-refractivity contribution in [2.24, 2.45) is 0 Å². The van der Waals surface area contributed by atoms with Crippen LogP contribution >= 0.6 is 0 Å². The van der Waals surface area contributed by atoms with Crippen LogP contribution in [-0.4, -0.2) is 0 Å². The Morgan fingerprint density at radius 2 is 0.750 bits per heavy atom. The highest BCUT2D eigenvalue weighted by atomic mass is 14.6. The van der Waals surface area contributed by atoms with Crippen LogP contribution in [0.1, 0.15) is 102 Å². The lowest BCUT2D eigenvalue weighted by atomic mass is 9.55. The van der Waals surface area contributed by atoms with Gasteiger partial charge in [-0.3, -0.25) is 0 Å². The zero-order chi connectivity index (χ0) is 27.9. The van der Waals surface area contributed by atoms with E-state index >= 15 is 0 Å². The van der Waals surface area contributed by atoms with E-state index in [2.05, 4.69) is 126 Å². The fraction of sp³-hybridized carbons (Fsp3) is 0.400. The number of rotatable bonds is 2. The molecule has 0 amide bonds. The lowest BCUT2D eigenvalue weighted by molar-refractivity contribution is 0.299. The van der Waals surface area contributed by atoms with Gasteiger partial charge in [0.2, 0.25) is 0 Å². The number of fused-ring (bicyclic) bond motifs is 3. The van der Waals surface area contributed by atoms with Gasteiger partial charge in [0.1, 0.15) is 0 Å². The van der Waals surface area contributed by atoms with E-state index in [1.807, 2.05) is 0 Å². The predicted molar refractivity (Wildman–Crippen MR) is 171 cm³/mol. The molecule has 0 radical (unpaired) electrons. The van der Waals surface area contributed by atoms with E-state index in [1.54, 1.807) is 11.1 Å². The number of hydrogen-bond donors (Lipinski definition) is 0. The largest absolute Gasteiger partial charge is 0.0579 e. The van der Waals surface area contributed by atoms with Gasteiger partial charge in [-0.05, 0) is 104 Å². The Balaban J connectivity index is 1.36. The fourth-order valence-electron chi connectivity index (χ4n) is 8.68. The van der Waals surface area contributed by atoms with Crippen LogP contribution in [-0.2, 0) is 21.7 Å². The second kappa shape index (κ2) is 8.69. The Bertz CT molecular complexity index is 1450. The molecule has 0 heteroatoms. The Hall–Kier alpha value is -3.12. The van der Waals surface area contributed by atoms with Gasteiger partial charge in [0.15, 0.2) is 0 Å². The molecule has 0 unspecified atom stereocenters. The third-order valence-electron chi connectivity index (χ3n) is 10.9. The molecule has 0 atom stereocenters. The topological polar surface area (TPSA) is 0 Å². The zero-order valence-electron chi connectivity index (χ0n) is 25.3. The molecular weight excluding hydrogens is 480 g/mol. The molecule has 3 aliphatic rings. The van der Waals surface area contributed by atoms with Gasteiger partial charge in [-0.2, -0.15) is 0 Å². The molecule has 2 saturated carbocycles. The van der Waals surface area contributed by atoms with Gasteiger partial charge in [0.05, 0.1) is 0 Å². The zero-order valence-corrected chi connectivity index (χ0v) is 25.3. The Morgan fingerprint density at radius 1 is 0.425 bits per heavy atom. The monoisotopic (exact) mass is 524 g/mol. The van der Waals surface area contributed by atoms with Crippen LogP contribution < -0.4 is 0 Å². The summed E-state index contributed by atoms with van der Waals surface area (Å²) >= 11 is 0. The van der Waals surface area contributed by atoms with Crippen LogP contribution in [0.25, 0.3) is 33.4 Å². The fourth-order valence-corrected chi connectivity index (χ4v) is 8.68. The number of benzene rings is 4. The Morgan fingerprint density at radius 3 is 1.07 bits per heavy atom. The van der Waals surface area contributed by atoms with Crippen molar-refractivity contribution >= 4 is 0 Å². The highest BCUT2D eigenvalue weighted by Crippen LogP contribution is 2.69. The maximum atomic E-state index is 2.59. The van der Waals surface area contributed by atoms with Gasteiger partial charge in [0.25, 0.3) is 0 Å². The van der Waals surface area contributed by atoms with Gasteiger partial charge in [0, 0.05) is 10.8 Å². The van der Waals surface area contributed by atoms with E-state index in [0.717, 1.165) is 0 Å². The molecule has 40 heavy (non-hydrogen) atoms. The first-order chi connectivity index (χ1) is 19.0. The van der Waals surface area contributed by atoms with Gasteiger partial charge >= 0.3 is 0 Å². The quantitative estimate of drug-likeness (QED) is 0.245. The average Bonchev–Trinajstić information content (AvgIpc) is 3.50. The van der Waals surface area contributed by atoms with Crippen LogP contribution in [0.15, 0.2) is 84.9 Å². The van der Waals surface area contributed by atoms with Crippen molar-refractivity contribution in [3.63, 3.8) is 0 Å². The first kappa shape index (κ1) is 25.8. The maximum Gasteiger partial charge on any atom is 0.00564 e. The summed E-state index contributed by atoms with van der Waals surface area (Å²) in [5.74, 6) is 0. The molecular formula is C40H44. The average molecular weight is 525 g/mol. The molecule has 3 aliphatic carbocycles. The van der Waals surface area contributed by atoms with Crippen LogP contribution in [0.2, 0.25) is 0 Å². The molecule has 0 heterocycles. The standard InChI is InChI=1S/C40H44/c1-37(2,3)31-15-9-27(10-16-31)29-13-19-33-34-20-14-30(28-11-17-32(18-12-28)38(4,5)6)26-36(34)40-23-7-21-39(40,22-8-24-40)35(33)25-29/h9-20,25-26H,7-8,21-24H2,1-6H3. The summed E-state index contributed by atoms with van der Waals surface area (Å²) in [4.78, 5) is 0. The highest BCUT2D eigenvalue weighted by Gasteiger charge is 2.62. The molecule has 0 N–H and O–H groups in total. The van der Waals surface area contributed by atoms with Crippen LogP contribution in [0, 0.1) is 0 Å². The SMILES string of the molecule is CC(C)(C)c1ccc(-c2ccc3c(c2)C24CCCC2(CCC4)c2cc(-c4ccc(C(C)(C)C)cc4)ccc2-3)cc1. The van der Waals surface area contributed by atoms with E-state index < -0.39 is 0 Å². The van der Waals surface area contributed by atoms with E-state index in [-0.39, 0.29) is 21.7 Å². The van der Waals surface area contributed by atoms with Crippen LogP contribution in [0.5, 0.6) is 0 Å². The van der Waals surface area contributed by atoms with E-state index in [0.29, 0.717) is 0 Å². The Labute approximate surface area is 241 Å². The van der Waals surface area contributed by atoms with Crippen molar-refractivity contribution in [1.29, 1.82) is 0 Å². The summed E-state index contributed by atoms with van der Waals surface area (Å²) < 4.78 is 0. The van der Waals surface area contributed by atoms with E-state index in [1.165, 1.54) is 83.0 Å². The first-order valence-corrected chi connectivity index (χ1v) is 15.5. The minimum absolute atomic E-state index is 0.178.